The Bertz CT molecular complexity index is 930. The monoisotopic (exact) mass is 419 g/mol. The van der Waals surface area contributed by atoms with Crippen LogP contribution in [0.1, 0.15) is 23.0 Å². The Morgan fingerprint density at radius 3 is 2.64 bits per heavy atom. The van der Waals surface area contributed by atoms with Crippen LogP contribution in [-0.2, 0) is 18.0 Å². The molecule has 2 atom stereocenters. The van der Waals surface area contributed by atoms with Crippen LogP contribution >= 0.6 is 11.6 Å². The molecule has 28 heavy (non-hydrogen) atoms. The molecule has 1 aliphatic heterocycles. The number of carbonyl (C=O) groups excluding carboxylic acids is 2. The molecule has 1 aromatic carbocycles. The molecule has 0 saturated carbocycles. The minimum atomic E-state index is -4.69. The predicted octanol–water partition coefficient (Wildman–Crippen LogP) is 2.12. The van der Waals surface area contributed by atoms with Crippen molar-refractivity contribution in [3.8, 4) is 0 Å². The smallest absolute Gasteiger partial charge is 0.342 e. The second-order valence-electron chi connectivity index (χ2n) is 6.10. The van der Waals surface area contributed by atoms with Gasteiger partial charge in [-0.25, -0.2) is 9.18 Å². The molecule has 1 fully saturated rings. The molecule has 150 valence electrons. The maximum absolute atomic E-state index is 13.5. The van der Waals surface area contributed by atoms with Gasteiger partial charge in [0, 0.05) is 13.6 Å². The molecular weight excluding hydrogens is 406 g/mol. The standard InChI is InChI=1S/C16H14ClF4N5O2/c1-26-11(5-12(25-26)16(19,20)21)13(7-2-3-9(18)8(17)4-7)24-14(27)10-6-22-15(28)23-10/h2-5,10,13H,6H2,1H3,(H,24,27)(H2,22,23,28)/t10-,13+/m0/s1. The Kier molecular flexibility index (Phi) is 5.20. The van der Waals surface area contributed by atoms with E-state index in [2.05, 4.69) is 21.0 Å². The van der Waals surface area contributed by atoms with Crippen LogP contribution < -0.4 is 16.0 Å². The molecule has 1 aliphatic rings. The minimum Gasteiger partial charge on any atom is -0.342 e. The van der Waals surface area contributed by atoms with Crippen molar-refractivity contribution in [2.24, 2.45) is 7.05 Å². The number of rotatable bonds is 4. The fraction of sp³-hybridized carbons (Fsp3) is 0.312. The number of hydrogen-bond acceptors (Lipinski definition) is 3. The number of nitrogens with one attached hydrogen (secondary N) is 3. The number of nitrogens with zero attached hydrogens (tertiary/aromatic N) is 2. The average Bonchev–Trinajstić information content (AvgIpc) is 3.21. The summed E-state index contributed by atoms with van der Waals surface area (Å²) in [7, 11) is 1.29. The maximum Gasteiger partial charge on any atom is 0.435 e. The molecule has 0 unspecified atom stereocenters. The number of halogens is 5. The van der Waals surface area contributed by atoms with Crippen LogP contribution in [0.5, 0.6) is 0 Å². The van der Waals surface area contributed by atoms with E-state index in [0.717, 1.165) is 16.8 Å². The lowest BCUT2D eigenvalue weighted by molar-refractivity contribution is -0.141. The lowest BCUT2D eigenvalue weighted by atomic mass is 10.0. The first-order chi connectivity index (χ1) is 13.1. The summed E-state index contributed by atoms with van der Waals surface area (Å²) in [6.45, 7) is 0.0146. The van der Waals surface area contributed by atoms with E-state index in [1.165, 1.54) is 19.2 Å². The number of aryl methyl sites for hydroxylation is 1. The third-order valence-electron chi connectivity index (χ3n) is 4.15. The second-order valence-corrected chi connectivity index (χ2v) is 6.51. The van der Waals surface area contributed by atoms with Crippen LogP contribution in [-0.4, -0.2) is 34.3 Å². The van der Waals surface area contributed by atoms with E-state index >= 15 is 0 Å². The number of urea groups is 1. The van der Waals surface area contributed by atoms with E-state index in [9.17, 15) is 27.2 Å². The Hall–Kier alpha value is -2.82. The van der Waals surface area contributed by atoms with E-state index in [1.54, 1.807) is 0 Å². The van der Waals surface area contributed by atoms with Crippen molar-refractivity contribution in [1.82, 2.24) is 25.7 Å². The largest absolute Gasteiger partial charge is 0.435 e. The number of alkyl halides is 3. The van der Waals surface area contributed by atoms with Gasteiger partial charge in [0.2, 0.25) is 5.91 Å². The van der Waals surface area contributed by atoms with Crippen LogP contribution in [0.2, 0.25) is 5.02 Å². The first-order valence-corrected chi connectivity index (χ1v) is 8.35. The highest BCUT2D eigenvalue weighted by Crippen LogP contribution is 2.32. The predicted molar refractivity (Wildman–Crippen MR) is 89.9 cm³/mol. The van der Waals surface area contributed by atoms with Gasteiger partial charge in [0.1, 0.15) is 11.9 Å². The van der Waals surface area contributed by atoms with Crippen molar-refractivity contribution in [2.45, 2.75) is 18.3 Å². The Morgan fingerprint density at radius 2 is 2.11 bits per heavy atom. The molecule has 0 spiro atoms. The third kappa shape index (κ3) is 4.03. The van der Waals surface area contributed by atoms with E-state index in [4.69, 9.17) is 11.6 Å². The molecule has 12 heteroatoms. The Labute approximate surface area is 161 Å². The molecule has 0 aliphatic carbocycles. The zero-order valence-corrected chi connectivity index (χ0v) is 15.0. The van der Waals surface area contributed by atoms with Gasteiger partial charge in [-0.3, -0.25) is 9.48 Å². The number of benzene rings is 1. The van der Waals surface area contributed by atoms with E-state index in [0.29, 0.717) is 0 Å². The highest BCUT2D eigenvalue weighted by atomic mass is 35.5. The van der Waals surface area contributed by atoms with Crippen LogP contribution in [0.3, 0.4) is 0 Å². The number of hydrogen-bond donors (Lipinski definition) is 3. The molecule has 0 radical (unpaired) electrons. The fourth-order valence-electron chi connectivity index (χ4n) is 2.77. The van der Waals surface area contributed by atoms with Crippen LogP contribution in [0, 0.1) is 5.82 Å². The lowest BCUT2D eigenvalue weighted by Gasteiger charge is -2.21. The molecule has 2 aromatic rings. The van der Waals surface area contributed by atoms with Gasteiger partial charge in [-0.05, 0) is 23.8 Å². The zero-order valence-electron chi connectivity index (χ0n) is 14.3. The summed E-state index contributed by atoms with van der Waals surface area (Å²) in [5, 5.41) is 10.5. The first-order valence-electron chi connectivity index (χ1n) is 7.97. The highest BCUT2D eigenvalue weighted by Gasteiger charge is 2.37. The van der Waals surface area contributed by atoms with Crippen molar-refractivity contribution >= 4 is 23.5 Å². The molecule has 1 saturated heterocycles. The van der Waals surface area contributed by atoms with E-state index in [1.807, 2.05) is 0 Å². The zero-order chi connectivity index (χ0) is 20.6. The Morgan fingerprint density at radius 1 is 1.39 bits per heavy atom. The normalized spacial score (nSPS) is 17.8. The van der Waals surface area contributed by atoms with Crippen molar-refractivity contribution < 1.29 is 27.2 Å². The number of aromatic nitrogens is 2. The third-order valence-corrected chi connectivity index (χ3v) is 4.44. The molecule has 3 amide bonds. The summed E-state index contributed by atoms with van der Waals surface area (Å²) in [6.07, 6.45) is -4.69. The first kappa shape index (κ1) is 19.9. The molecule has 2 heterocycles. The van der Waals surface area contributed by atoms with E-state index in [-0.39, 0.29) is 22.8 Å². The average molecular weight is 420 g/mol. The molecular formula is C16H14ClF4N5O2. The summed E-state index contributed by atoms with van der Waals surface area (Å²) in [4.78, 5) is 23.7. The van der Waals surface area contributed by atoms with Gasteiger partial charge in [0.15, 0.2) is 5.69 Å². The molecule has 3 N–H and O–H groups in total. The highest BCUT2D eigenvalue weighted by molar-refractivity contribution is 6.30. The number of carbonyl (C=O) groups is 2. The quantitative estimate of drug-likeness (QED) is 0.663. The van der Waals surface area contributed by atoms with Gasteiger partial charge in [-0.1, -0.05) is 17.7 Å². The van der Waals surface area contributed by atoms with Crippen molar-refractivity contribution in [1.29, 1.82) is 0 Å². The fourth-order valence-corrected chi connectivity index (χ4v) is 2.96. The summed E-state index contributed by atoms with van der Waals surface area (Å²) in [5.41, 5.74) is -0.900. The maximum atomic E-state index is 13.5. The Balaban J connectivity index is 1.99. The van der Waals surface area contributed by atoms with Gasteiger partial charge in [0.05, 0.1) is 16.8 Å². The van der Waals surface area contributed by atoms with Gasteiger partial charge >= 0.3 is 12.2 Å². The van der Waals surface area contributed by atoms with Crippen LogP contribution in [0.4, 0.5) is 22.4 Å². The van der Waals surface area contributed by atoms with Gasteiger partial charge < -0.3 is 16.0 Å². The SMILES string of the molecule is Cn1nc(C(F)(F)F)cc1[C@H](NC(=O)[C@@H]1CNC(=O)N1)c1ccc(F)c(Cl)c1. The molecule has 1 aromatic heterocycles. The second kappa shape index (κ2) is 7.30. The van der Waals surface area contributed by atoms with Crippen molar-refractivity contribution in [3.05, 3.63) is 52.1 Å². The summed E-state index contributed by atoms with van der Waals surface area (Å²) >= 11 is 5.79. The number of amides is 3. The lowest BCUT2D eigenvalue weighted by Crippen LogP contribution is -2.44. The summed E-state index contributed by atoms with van der Waals surface area (Å²) in [5.74, 6) is -1.36. The molecule has 7 nitrogen and oxygen atoms in total. The molecule has 0 bridgehead atoms. The summed E-state index contributed by atoms with van der Waals surface area (Å²) in [6, 6.07) is 1.75. The topological polar surface area (TPSA) is 88.1 Å². The van der Waals surface area contributed by atoms with Gasteiger partial charge in [0.25, 0.3) is 0 Å². The minimum absolute atomic E-state index is 0.000586. The van der Waals surface area contributed by atoms with Crippen molar-refractivity contribution in [3.63, 3.8) is 0 Å². The van der Waals surface area contributed by atoms with Gasteiger partial charge in [-0.15, -0.1) is 0 Å². The van der Waals surface area contributed by atoms with Crippen LogP contribution in [0.15, 0.2) is 24.3 Å². The molecule has 3 rings (SSSR count). The summed E-state index contributed by atoms with van der Waals surface area (Å²) < 4.78 is 53.6. The van der Waals surface area contributed by atoms with Crippen molar-refractivity contribution in [2.75, 3.05) is 6.54 Å². The van der Waals surface area contributed by atoms with Gasteiger partial charge in [-0.2, -0.15) is 18.3 Å². The van der Waals surface area contributed by atoms with E-state index < -0.39 is 41.7 Å². The van der Waals surface area contributed by atoms with Crippen LogP contribution in [0.25, 0.3) is 0 Å².